The molecule has 0 aliphatic rings. The van der Waals surface area contributed by atoms with Crippen molar-refractivity contribution in [3.05, 3.63) is 42.5 Å². The molecule has 0 fully saturated rings. The summed E-state index contributed by atoms with van der Waals surface area (Å²) in [7, 11) is 0. The van der Waals surface area contributed by atoms with Crippen LogP contribution in [0.4, 0.5) is 0 Å². The van der Waals surface area contributed by atoms with E-state index in [1.165, 1.54) is 0 Å². The molecule has 2 nitrogen and oxygen atoms in total. The van der Waals surface area contributed by atoms with Crippen LogP contribution in [-0.4, -0.2) is 22.9 Å². The lowest BCUT2D eigenvalue weighted by atomic mass is 10.0. The number of carbonyl (C=O) groups is 1. The van der Waals surface area contributed by atoms with Gasteiger partial charge in [0.15, 0.2) is 0 Å². The standard InChI is InChI=1S/C14H19NOS/c1-5-9-15(14(2,3)4)13(16)11-7-6-8-12(17)10-11/h5-8,10,17H,1,9H2,2-4H3. The van der Waals surface area contributed by atoms with Crippen LogP contribution < -0.4 is 0 Å². The van der Waals surface area contributed by atoms with Crippen LogP contribution in [-0.2, 0) is 0 Å². The van der Waals surface area contributed by atoms with Crippen LogP contribution in [0.2, 0.25) is 0 Å². The van der Waals surface area contributed by atoms with E-state index in [0.717, 1.165) is 4.90 Å². The maximum absolute atomic E-state index is 12.4. The predicted molar refractivity (Wildman–Crippen MR) is 74.7 cm³/mol. The van der Waals surface area contributed by atoms with Crippen LogP contribution in [0.25, 0.3) is 0 Å². The van der Waals surface area contributed by atoms with E-state index >= 15 is 0 Å². The lowest BCUT2D eigenvalue weighted by Crippen LogP contribution is -2.45. The first-order valence-electron chi connectivity index (χ1n) is 5.58. The van der Waals surface area contributed by atoms with E-state index in [1.807, 2.05) is 39.0 Å². The van der Waals surface area contributed by atoms with E-state index < -0.39 is 0 Å². The lowest BCUT2D eigenvalue weighted by molar-refractivity contribution is 0.0616. The van der Waals surface area contributed by atoms with Gasteiger partial charge in [0.1, 0.15) is 0 Å². The fraction of sp³-hybridized carbons (Fsp3) is 0.357. The number of hydrogen-bond donors (Lipinski definition) is 1. The van der Waals surface area contributed by atoms with Gasteiger partial charge < -0.3 is 4.90 Å². The van der Waals surface area contributed by atoms with E-state index in [1.54, 1.807) is 17.0 Å². The van der Waals surface area contributed by atoms with Gasteiger partial charge >= 0.3 is 0 Å². The van der Waals surface area contributed by atoms with Gasteiger partial charge in [-0.1, -0.05) is 12.1 Å². The molecule has 1 aromatic carbocycles. The van der Waals surface area contributed by atoms with Crippen molar-refractivity contribution < 1.29 is 4.79 Å². The van der Waals surface area contributed by atoms with Crippen molar-refractivity contribution in [2.24, 2.45) is 0 Å². The Balaban J connectivity index is 3.04. The van der Waals surface area contributed by atoms with E-state index in [4.69, 9.17) is 0 Å². The SMILES string of the molecule is C=CCN(C(=O)c1cccc(S)c1)C(C)(C)C. The fourth-order valence-corrected chi connectivity index (χ4v) is 1.81. The second kappa shape index (κ2) is 5.41. The highest BCUT2D eigenvalue weighted by Gasteiger charge is 2.26. The first-order chi connectivity index (χ1) is 7.86. The number of amides is 1. The zero-order chi connectivity index (χ0) is 13.1. The Morgan fingerprint density at radius 2 is 2.12 bits per heavy atom. The van der Waals surface area contributed by atoms with Crippen molar-refractivity contribution in [3.8, 4) is 0 Å². The maximum atomic E-state index is 12.4. The first-order valence-corrected chi connectivity index (χ1v) is 6.03. The van der Waals surface area contributed by atoms with Gasteiger partial charge in [-0.05, 0) is 39.0 Å². The summed E-state index contributed by atoms with van der Waals surface area (Å²) < 4.78 is 0. The molecule has 1 amide bonds. The monoisotopic (exact) mass is 249 g/mol. The minimum absolute atomic E-state index is 0.00769. The Bertz CT molecular complexity index is 420. The van der Waals surface area contributed by atoms with Crippen LogP contribution in [0.5, 0.6) is 0 Å². The van der Waals surface area contributed by atoms with Gasteiger partial charge in [0, 0.05) is 22.5 Å². The van der Waals surface area contributed by atoms with Crippen LogP contribution in [0, 0.1) is 0 Å². The highest BCUT2D eigenvalue weighted by atomic mass is 32.1. The molecule has 1 aromatic rings. The normalized spacial score (nSPS) is 11.1. The lowest BCUT2D eigenvalue weighted by Gasteiger charge is -2.35. The Morgan fingerprint density at radius 1 is 1.47 bits per heavy atom. The van der Waals surface area contributed by atoms with Gasteiger partial charge in [0.05, 0.1) is 0 Å². The minimum Gasteiger partial charge on any atom is -0.330 e. The van der Waals surface area contributed by atoms with Crippen LogP contribution in [0.1, 0.15) is 31.1 Å². The Hall–Kier alpha value is -1.22. The number of nitrogens with zero attached hydrogens (tertiary/aromatic N) is 1. The largest absolute Gasteiger partial charge is 0.330 e. The van der Waals surface area contributed by atoms with Gasteiger partial charge in [-0.2, -0.15) is 0 Å². The van der Waals surface area contributed by atoms with Gasteiger partial charge in [0.25, 0.3) is 5.91 Å². The molecule has 0 bridgehead atoms. The number of thiol groups is 1. The van der Waals surface area contributed by atoms with Crippen LogP contribution >= 0.6 is 12.6 Å². The summed E-state index contributed by atoms with van der Waals surface area (Å²) in [5.41, 5.74) is 0.437. The molecule has 0 heterocycles. The Morgan fingerprint density at radius 3 is 2.59 bits per heavy atom. The average Bonchev–Trinajstić information content (AvgIpc) is 2.23. The third-order valence-electron chi connectivity index (χ3n) is 2.46. The van der Waals surface area contributed by atoms with Gasteiger partial charge in [-0.15, -0.1) is 19.2 Å². The second-order valence-electron chi connectivity index (χ2n) is 4.93. The van der Waals surface area contributed by atoms with Crippen molar-refractivity contribution in [2.45, 2.75) is 31.2 Å². The summed E-state index contributed by atoms with van der Waals surface area (Å²) >= 11 is 4.25. The molecule has 0 saturated heterocycles. The summed E-state index contributed by atoms with van der Waals surface area (Å²) in [6, 6.07) is 7.29. The number of carbonyl (C=O) groups excluding carboxylic acids is 1. The molecule has 0 N–H and O–H groups in total. The minimum atomic E-state index is -0.224. The number of rotatable bonds is 3. The Kier molecular flexibility index (Phi) is 4.40. The van der Waals surface area contributed by atoms with E-state index in [-0.39, 0.29) is 11.4 Å². The topological polar surface area (TPSA) is 20.3 Å². The highest BCUT2D eigenvalue weighted by Crippen LogP contribution is 2.18. The summed E-state index contributed by atoms with van der Waals surface area (Å²) in [5, 5.41) is 0. The van der Waals surface area contributed by atoms with Crippen molar-refractivity contribution in [3.63, 3.8) is 0 Å². The molecular weight excluding hydrogens is 230 g/mol. The van der Waals surface area contributed by atoms with Crippen LogP contribution in [0.15, 0.2) is 41.8 Å². The van der Waals surface area contributed by atoms with Gasteiger partial charge in [-0.25, -0.2) is 0 Å². The molecular formula is C14H19NOS. The second-order valence-corrected chi connectivity index (χ2v) is 5.44. The third-order valence-corrected chi connectivity index (χ3v) is 2.74. The van der Waals surface area contributed by atoms with Gasteiger partial charge in [-0.3, -0.25) is 4.79 Å². The van der Waals surface area contributed by atoms with E-state index in [0.29, 0.717) is 12.1 Å². The smallest absolute Gasteiger partial charge is 0.254 e. The van der Waals surface area contributed by atoms with Crippen LogP contribution in [0.3, 0.4) is 0 Å². The molecule has 0 spiro atoms. The first kappa shape index (κ1) is 13.8. The summed E-state index contributed by atoms with van der Waals surface area (Å²) in [6.45, 7) is 10.3. The molecule has 0 aromatic heterocycles. The van der Waals surface area contributed by atoms with E-state index in [9.17, 15) is 4.79 Å². The van der Waals surface area contributed by atoms with Crippen molar-refractivity contribution in [1.82, 2.24) is 4.90 Å². The fourth-order valence-electron chi connectivity index (χ4n) is 1.59. The summed E-state index contributed by atoms with van der Waals surface area (Å²) in [6.07, 6.45) is 1.74. The third kappa shape index (κ3) is 3.63. The molecule has 1 rings (SSSR count). The Labute approximate surface area is 109 Å². The van der Waals surface area contributed by atoms with Crippen molar-refractivity contribution in [1.29, 1.82) is 0 Å². The molecule has 17 heavy (non-hydrogen) atoms. The molecule has 0 saturated carbocycles. The average molecular weight is 249 g/mol. The molecule has 0 radical (unpaired) electrons. The molecule has 3 heteroatoms. The van der Waals surface area contributed by atoms with Crippen molar-refractivity contribution in [2.75, 3.05) is 6.54 Å². The quantitative estimate of drug-likeness (QED) is 0.643. The molecule has 0 aliphatic carbocycles. The molecule has 92 valence electrons. The maximum Gasteiger partial charge on any atom is 0.254 e. The summed E-state index contributed by atoms with van der Waals surface area (Å²) in [5.74, 6) is 0.00769. The molecule has 0 atom stereocenters. The molecule has 0 unspecified atom stereocenters. The number of benzene rings is 1. The molecule has 0 aliphatic heterocycles. The van der Waals surface area contributed by atoms with Crippen molar-refractivity contribution >= 4 is 18.5 Å². The predicted octanol–water partition coefficient (Wildman–Crippen LogP) is 3.40. The zero-order valence-corrected chi connectivity index (χ0v) is 11.5. The zero-order valence-electron chi connectivity index (χ0n) is 10.6. The highest BCUT2D eigenvalue weighted by molar-refractivity contribution is 7.80. The number of hydrogen-bond acceptors (Lipinski definition) is 2. The van der Waals surface area contributed by atoms with Gasteiger partial charge in [0.2, 0.25) is 0 Å². The van der Waals surface area contributed by atoms with E-state index in [2.05, 4.69) is 19.2 Å². The summed E-state index contributed by atoms with van der Waals surface area (Å²) in [4.78, 5) is 15.0.